The molecule has 0 saturated carbocycles. The van der Waals surface area contributed by atoms with Gasteiger partial charge in [-0.3, -0.25) is 0 Å². The molecule has 3 rings (SSSR count). The summed E-state index contributed by atoms with van der Waals surface area (Å²) in [7, 11) is 3.33. The number of hydrogen-bond acceptors (Lipinski definition) is 3. The van der Waals surface area contributed by atoms with Crippen LogP contribution < -0.4 is 9.47 Å². The fourth-order valence-corrected chi connectivity index (χ4v) is 2.28. The maximum absolute atomic E-state index is 5.19. The molecule has 2 aromatic carbocycles. The van der Waals surface area contributed by atoms with Crippen LogP contribution in [0.25, 0.3) is 22.5 Å². The molecule has 22 heavy (non-hydrogen) atoms. The Hall–Kier alpha value is -2.81. The van der Waals surface area contributed by atoms with Gasteiger partial charge in [0.2, 0.25) is 0 Å². The normalized spacial score (nSPS) is 10.3. The largest absolute Gasteiger partial charge is 0.497 e. The minimum absolute atomic E-state index is 0.843. The van der Waals surface area contributed by atoms with E-state index in [9.17, 15) is 0 Å². The average molecular weight is 291 g/mol. The highest BCUT2D eigenvalue weighted by Crippen LogP contribution is 2.25. The Morgan fingerprint density at radius 3 is 1.36 bits per heavy atom. The van der Waals surface area contributed by atoms with E-state index in [1.54, 1.807) is 14.2 Å². The van der Waals surface area contributed by atoms with Crippen LogP contribution in [0.3, 0.4) is 0 Å². The van der Waals surface area contributed by atoms with Crippen LogP contribution >= 0.6 is 0 Å². The van der Waals surface area contributed by atoms with Gasteiger partial charge in [-0.05, 0) is 60.7 Å². The van der Waals surface area contributed by atoms with E-state index in [1.165, 1.54) is 0 Å². The van der Waals surface area contributed by atoms with Crippen molar-refractivity contribution in [1.82, 2.24) is 4.98 Å². The highest BCUT2D eigenvalue weighted by Gasteiger charge is 2.04. The molecule has 3 nitrogen and oxygen atoms in total. The number of benzene rings is 2. The molecule has 110 valence electrons. The van der Waals surface area contributed by atoms with Gasteiger partial charge in [0.05, 0.1) is 25.6 Å². The topological polar surface area (TPSA) is 31.4 Å². The minimum atomic E-state index is 0.843. The fraction of sp³-hybridized carbons (Fsp3) is 0.105. The van der Waals surface area contributed by atoms with E-state index in [0.717, 1.165) is 34.0 Å². The summed E-state index contributed by atoms with van der Waals surface area (Å²) in [5.74, 6) is 1.69. The third kappa shape index (κ3) is 2.93. The number of hydrogen-bond donors (Lipinski definition) is 0. The first-order chi connectivity index (χ1) is 10.8. The van der Waals surface area contributed by atoms with Gasteiger partial charge in [0, 0.05) is 11.1 Å². The molecule has 1 heterocycles. The number of aromatic nitrogens is 1. The van der Waals surface area contributed by atoms with Crippen LogP contribution in [-0.2, 0) is 0 Å². The molecule has 0 unspecified atom stereocenters. The Balaban J connectivity index is 1.93. The summed E-state index contributed by atoms with van der Waals surface area (Å²) in [6.45, 7) is 0. The number of pyridine rings is 1. The molecule has 3 aromatic rings. The molecular formula is C19H17NO2. The highest BCUT2D eigenvalue weighted by atomic mass is 16.5. The second-order valence-corrected chi connectivity index (χ2v) is 4.87. The van der Waals surface area contributed by atoms with Crippen molar-refractivity contribution in [3.8, 4) is 34.0 Å². The van der Waals surface area contributed by atoms with E-state index in [-0.39, 0.29) is 0 Å². The summed E-state index contributed by atoms with van der Waals surface area (Å²) in [6, 6.07) is 21.9. The number of rotatable bonds is 4. The smallest absolute Gasteiger partial charge is 0.118 e. The van der Waals surface area contributed by atoms with E-state index in [0.29, 0.717) is 0 Å². The second-order valence-electron chi connectivity index (χ2n) is 4.87. The molecule has 0 bridgehead atoms. The maximum atomic E-state index is 5.19. The van der Waals surface area contributed by atoms with Gasteiger partial charge >= 0.3 is 0 Å². The molecule has 0 saturated heterocycles. The van der Waals surface area contributed by atoms with E-state index >= 15 is 0 Å². The highest BCUT2D eigenvalue weighted by molar-refractivity contribution is 5.66. The molecular weight excluding hydrogens is 274 g/mol. The lowest BCUT2D eigenvalue weighted by Gasteiger charge is -2.07. The third-order valence-corrected chi connectivity index (χ3v) is 3.52. The first kappa shape index (κ1) is 14.1. The molecule has 0 aliphatic carbocycles. The molecule has 0 amide bonds. The molecule has 1 aromatic heterocycles. The summed E-state index contributed by atoms with van der Waals surface area (Å²) in [5, 5.41) is 0. The number of methoxy groups -OCH3 is 2. The van der Waals surface area contributed by atoms with Crippen molar-refractivity contribution in [3.63, 3.8) is 0 Å². The standard InChI is InChI=1S/C19H17NO2/c1-21-16-10-6-14(7-11-16)18-4-3-5-19(20-18)15-8-12-17(22-2)13-9-15/h3-13H,1-2H3. The van der Waals surface area contributed by atoms with Crippen molar-refractivity contribution < 1.29 is 9.47 Å². The first-order valence-electron chi connectivity index (χ1n) is 7.06. The predicted octanol–water partition coefficient (Wildman–Crippen LogP) is 4.43. The van der Waals surface area contributed by atoms with Gasteiger partial charge in [-0.25, -0.2) is 4.98 Å². The molecule has 0 spiro atoms. The number of ether oxygens (including phenoxy) is 2. The van der Waals surface area contributed by atoms with E-state index in [4.69, 9.17) is 14.5 Å². The lowest BCUT2D eigenvalue weighted by molar-refractivity contribution is 0.415. The van der Waals surface area contributed by atoms with Crippen molar-refractivity contribution in [3.05, 3.63) is 66.7 Å². The lowest BCUT2D eigenvalue weighted by Crippen LogP contribution is -1.89. The summed E-state index contributed by atoms with van der Waals surface area (Å²) in [6.07, 6.45) is 0. The molecule has 0 fully saturated rings. The predicted molar refractivity (Wildman–Crippen MR) is 88.2 cm³/mol. The van der Waals surface area contributed by atoms with Crippen molar-refractivity contribution in [2.24, 2.45) is 0 Å². The van der Waals surface area contributed by atoms with Gasteiger partial charge in [-0.1, -0.05) is 6.07 Å². The van der Waals surface area contributed by atoms with Crippen LogP contribution in [0, 0.1) is 0 Å². The Bertz CT molecular complexity index is 686. The van der Waals surface area contributed by atoms with Gasteiger partial charge < -0.3 is 9.47 Å². The van der Waals surface area contributed by atoms with E-state index in [2.05, 4.69) is 0 Å². The summed E-state index contributed by atoms with van der Waals surface area (Å²) in [5.41, 5.74) is 4.01. The van der Waals surface area contributed by atoms with Crippen LogP contribution in [0.2, 0.25) is 0 Å². The van der Waals surface area contributed by atoms with Crippen molar-refractivity contribution in [1.29, 1.82) is 0 Å². The molecule has 0 radical (unpaired) electrons. The molecule has 0 atom stereocenters. The first-order valence-corrected chi connectivity index (χ1v) is 7.06. The third-order valence-electron chi connectivity index (χ3n) is 3.52. The van der Waals surface area contributed by atoms with Gasteiger partial charge in [0.1, 0.15) is 11.5 Å². The Morgan fingerprint density at radius 2 is 1.00 bits per heavy atom. The van der Waals surface area contributed by atoms with Crippen LogP contribution in [0.5, 0.6) is 11.5 Å². The summed E-state index contributed by atoms with van der Waals surface area (Å²) >= 11 is 0. The van der Waals surface area contributed by atoms with Crippen LogP contribution in [0.4, 0.5) is 0 Å². The quantitative estimate of drug-likeness (QED) is 0.712. The Labute approximate surface area is 130 Å². The fourth-order valence-electron chi connectivity index (χ4n) is 2.28. The zero-order valence-electron chi connectivity index (χ0n) is 12.6. The molecule has 0 N–H and O–H groups in total. The van der Waals surface area contributed by atoms with Crippen molar-refractivity contribution in [2.75, 3.05) is 14.2 Å². The SMILES string of the molecule is COc1ccc(-c2cccc(-c3ccc(OC)cc3)n2)cc1. The van der Waals surface area contributed by atoms with Crippen molar-refractivity contribution in [2.45, 2.75) is 0 Å². The van der Waals surface area contributed by atoms with Gasteiger partial charge in [-0.2, -0.15) is 0 Å². The maximum Gasteiger partial charge on any atom is 0.118 e. The van der Waals surface area contributed by atoms with Gasteiger partial charge in [0.25, 0.3) is 0 Å². The monoisotopic (exact) mass is 291 g/mol. The van der Waals surface area contributed by atoms with E-state index < -0.39 is 0 Å². The Kier molecular flexibility index (Phi) is 4.05. The van der Waals surface area contributed by atoms with Gasteiger partial charge in [-0.15, -0.1) is 0 Å². The summed E-state index contributed by atoms with van der Waals surface area (Å²) in [4.78, 5) is 4.74. The lowest BCUT2D eigenvalue weighted by atomic mass is 10.1. The average Bonchev–Trinajstić information content (AvgIpc) is 2.62. The molecule has 3 heteroatoms. The summed E-state index contributed by atoms with van der Waals surface area (Å²) < 4.78 is 10.4. The van der Waals surface area contributed by atoms with Crippen LogP contribution in [-0.4, -0.2) is 19.2 Å². The Morgan fingerprint density at radius 1 is 0.591 bits per heavy atom. The minimum Gasteiger partial charge on any atom is -0.497 e. The van der Waals surface area contributed by atoms with Gasteiger partial charge in [0.15, 0.2) is 0 Å². The van der Waals surface area contributed by atoms with E-state index in [1.807, 2.05) is 66.7 Å². The molecule has 0 aliphatic rings. The molecule has 0 aliphatic heterocycles. The zero-order chi connectivity index (χ0) is 15.4. The second kappa shape index (κ2) is 6.31. The van der Waals surface area contributed by atoms with Crippen molar-refractivity contribution >= 4 is 0 Å². The zero-order valence-corrected chi connectivity index (χ0v) is 12.6. The van der Waals surface area contributed by atoms with Crippen LogP contribution in [0.1, 0.15) is 0 Å². The number of nitrogens with zero attached hydrogens (tertiary/aromatic N) is 1. The van der Waals surface area contributed by atoms with Crippen LogP contribution in [0.15, 0.2) is 66.7 Å².